The van der Waals surface area contributed by atoms with Crippen molar-refractivity contribution in [1.82, 2.24) is 9.80 Å². The number of piperidine rings is 1. The largest absolute Gasteiger partial charge is 0.465 e. The van der Waals surface area contributed by atoms with Crippen LogP contribution in [0.2, 0.25) is 0 Å². The predicted molar refractivity (Wildman–Crippen MR) is 73.8 cm³/mol. The zero-order valence-electron chi connectivity index (χ0n) is 12.4. The van der Waals surface area contributed by atoms with E-state index in [1.165, 1.54) is 0 Å². The third kappa shape index (κ3) is 5.19. The summed E-state index contributed by atoms with van der Waals surface area (Å²) in [4.78, 5) is 27.2. The van der Waals surface area contributed by atoms with Crippen LogP contribution in [-0.4, -0.2) is 61.5 Å². The van der Waals surface area contributed by atoms with Gasteiger partial charge < -0.3 is 9.64 Å². The van der Waals surface area contributed by atoms with E-state index >= 15 is 0 Å². The Balaban J connectivity index is 2.40. The number of rotatable bonds is 6. The lowest BCUT2D eigenvalue weighted by atomic mass is 10.0. The lowest BCUT2D eigenvalue weighted by Crippen LogP contribution is -2.46. The van der Waals surface area contributed by atoms with Crippen molar-refractivity contribution in [2.45, 2.75) is 45.1 Å². The highest BCUT2D eigenvalue weighted by Gasteiger charge is 2.29. The molecular formula is C14H26N2O3. The molecule has 1 saturated heterocycles. The molecule has 1 heterocycles. The van der Waals surface area contributed by atoms with Gasteiger partial charge in [0.25, 0.3) is 0 Å². The molecule has 1 atom stereocenters. The third-order valence-corrected chi connectivity index (χ3v) is 3.51. The number of esters is 1. The van der Waals surface area contributed by atoms with Crippen LogP contribution < -0.4 is 0 Å². The van der Waals surface area contributed by atoms with E-state index in [1.807, 2.05) is 6.92 Å². The van der Waals surface area contributed by atoms with Gasteiger partial charge in [0.15, 0.2) is 0 Å². The molecule has 0 aliphatic carbocycles. The van der Waals surface area contributed by atoms with Gasteiger partial charge in [0, 0.05) is 20.5 Å². The molecule has 1 amide bonds. The summed E-state index contributed by atoms with van der Waals surface area (Å²) >= 11 is 0. The van der Waals surface area contributed by atoms with Crippen molar-refractivity contribution in [3.63, 3.8) is 0 Å². The van der Waals surface area contributed by atoms with Crippen molar-refractivity contribution in [2.24, 2.45) is 0 Å². The van der Waals surface area contributed by atoms with E-state index in [1.54, 1.807) is 19.0 Å². The summed E-state index contributed by atoms with van der Waals surface area (Å²) in [7, 11) is 3.54. The van der Waals surface area contributed by atoms with Crippen molar-refractivity contribution in [3.05, 3.63) is 0 Å². The van der Waals surface area contributed by atoms with Crippen LogP contribution in [0.1, 0.15) is 39.0 Å². The maximum absolute atomic E-state index is 11.9. The zero-order valence-corrected chi connectivity index (χ0v) is 12.4. The Bertz CT molecular complexity index is 305. The molecule has 1 unspecified atom stereocenters. The van der Waals surface area contributed by atoms with Crippen molar-refractivity contribution in [1.29, 1.82) is 0 Å². The molecule has 110 valence electrons. The standard InChI is InChI=1S/C14H26N2O3/c1-4-19-14(18)12-8-5-6-10-16(12)11-7-9-13(17)15(2)3/h12H,4-11H2,1-3H3. The van der Waals surface area contributed by atoms with Gasteiger partial charge >= 0.3 is 5.97 Å². The number of carbonyl (C=O) groups is 2. The zero-order chi connectivity index (χ0) is 14.3. The molecule has 1 fully saturated rings. The van der Waals surface area contributed by atoms with Crippen LogP contribution in [-0.2, 0) is 14.3 Å². The summed E-state index contributed by atoms with van der Waals surface area (Å²) in [6.07, 6.45) is 4.42. The van der Waals surface area contributed by atoms with E-state index in [-0.39, 0.29) is 17.9 Å². The highest BCUT2D eigenvalue weighted by molar-refractivity contribution is 5.76. The highest BCUT2D eigenvalue weighted by Crippen LogP contribution is 2.18. The van der Waals surface area contributed by atoms with Gasteiger partial charge in [-0.15, -0.1) is 0 Å². The van der Waals surface area contributed by atoms with Gasteiger partial charge in [0.1, 0.15) is 6.04 Å². The lowest BCUT2D eigenvalue weighted by Gasteiger charge is -2.33. The minimum absolute atomic E-state index is 0.108. The van der Waals surface area contributed by atoms with Crippen molar-refractivity contribution in [3.8, 4) is 0 Å². The summed E-state index contributed by atoms with van der Waals surface area (Å²) in [6, 6.07) is -0.108. The van der Waals surface area contributed by atoms with Crippen LogP contribution >= 0.6 is 0 Å². The van der Waals surface area contributed by atoms with Crippen LogP contribution in [0.4, 0.5) is 0 Å². The minimum Gasteiger partial charge on any atom is -0.465 e. The summed E-state index contributed by atoms with van der Waals surface area (Å²) in [5.74, 6) is 0.0332. The first-order valence-corrected chi connectivity index (χ1v) is 7.17. The first kappa shape index (κ1) is 16.0. The normalized spacial score (nSPS) is 20.1. The Kier molecular flexibility index (Phi) is 6.84. The summed E-state index contributed by atoms with van der Waals surface area (Å²) in [6.45, 7) is 3.99. The smallest absolute Gasteiger partial charge is 0.323 e. The molecule has 1 aliphatic heterocycles. The molecule has 0 aromatic heterocycles. The highest BCUT2D eigenvalue weighted by atomic mass is 16.5. The monoisotopic (exact) mass is 270 g/mol. The van der Waals surface area contributed by atoms with Crippen molar-refractivity contribution in [2.75, 3.05) is 33.8 Å². The molecule has 19 heavy (non-hydrogen) atoms. The fourth-order valence-electron chi connectivity index (χ4n) is 2.42. The Morgan fingerprint density at radius 3 is 2.68 bits per heavy atom. The van der Waals surface area contributed by atoms with Gasteiger partial charge in [0.2, 0.25) is 5.91 Å². The Hall–Kier alpha value is -1.10. The van der Waals surface area contributed by atoms with Crippen LogP contribution in [0.25, 0.3) is 0 Å². The Labute approximate surface area is 115 Å². The van der Waals surface area contributed by atoms with Gasteiger partial charge in [-0.2, -0.15) is 0 Å². The second-order valence-corrected chi connectivity index (χ2v) is 5.19. The topological polar surface area (TPSA) is 49.9 Å². The van der Waals surface area contributed by atoms with Crippen molar-refractivity contribution < 1.29 is 14.3 Å². The molecule has 0 bridgehead atoms. The van der Waals surface area contributed by atoms with Crippen LogP contribution in [0.15, 0.2) is 0 Å². The Morgan fingerprint density at radius 2 is 2.05 bits per heavy atom. The Morgan fingerprint density at radius 1 is 1.32 bits per heavy atom. The molecule has 0 aromatic carbocycles. The summed E-state index contributed by atoms with van der Waals surface area (Å²) in [5.41, 5.74) is 0. The first-order valence-electron chi connectivity index (χ1n) is 7.17. The number of likely N-dealkylation sites (tertiary alicyclic amines) is 1. The average molecular weight is 270 g/mol. The van der Waals surface area contributed by atoms with Gasteiger partial charge in [-0.1, -0.05) is 6.42 Å². The molecule has 1 rings (SSSR count). The molecule has 5 heteroatoms. The van der Waals surface area contributed by atoms with E-state index in [2.05, 4.69) is 4.90 Å². The number of hydrogen-bond acceptors (Lipinski definition) is 4. The van der Waals surface area contributed by atoms with Crippen LogP contribution in [0.5, 0.6) is 0 Å². The maximum Gasteiger partial charge on any atom is 0.323 e. The van der Waals surface area contributed by atoms with E-state index < -0.39 is 0 Å². The van der Waals surface area contributed by atoms with Gasteiger partial charge in [0.05, 0.1) is 6.61 Å². The average Bonchev–Trinajstić information content (AvgIpc) is 2.39. The van der Waals surface area contributed by atoms with Gasteiger partial charge in [-0.3, -0.25) is 14.5 Å². The summed E-state index contributed by atoms with van der Waals surface area (Å²) in [5, 5.41) is 0. The van der Waals surface area contributed by atoms with E-state index in [9.17, 15) is 9.59 Å². The van der Waals surface area contributed by atoms with Crippen LogP contribution in [0, 0.1) is 0 Å². The molecular weight excluding hydrogens is 244 g/mol. The van der Waals surface area contributed by atoms with Gasteiger partial charge in [-0.05, 0) is 39.3 Å². The molecule has 0 aromatic rings. The van der Waals surface area contributed by atoms with Crippen LogP contribution in [0.3, 0.4) is 0 Å². The number of carbonyl (C=O) groups excluding carboxylic acids is 2. The minimum atomic E-state index is -0.110. The number of ether oxygens (including phenoxy) is 1. The number of amides is 1. The molecule has 5 nitrogen and oxygen atoms in total. The quantitative estimate of drug-likeness (QED) is 0.682. The second kappa shape index (κ2) is 8.15. The third-order valence-electron chi connectivity index (χ3n) is 3.51. The summed E-state index contributed by atoms with van der Waals surface area (Å²) < 4.78 is 5.12. The molecule has 0 saturated carbocycles. The number of hydrogen-bond donors (Lipinski definition) is 0. The fourth-order valence-corrected chi connectivity index (χ4v) is 2.42. The fraction of sp³-hybridized carbons (Fsp3) is 0.857. The number of nitrogens with zero attached hydrogens (tertiary/aromatic N) is 2. The molecule has 0 spiro atoms. The predicted octanol–water partition coefficient (Wildman–Crippen LogP) is 1.27. The maximum atomic E-state index is 11.9. The van der Waals surface area contributed by atoms with Crippen molar-refractivity contribution >= 4 is 11.9 Å². The van der Waals surface area contributed by atoms with E-state index in [0.29, 0.717) is 13.0 Å². The first-order chi connectivity index (χ1) is 9.06. The lowest BCUT2D eigenvalue weighted by molar-refractivity contribution is -0.150. The SMILES string of the molecule is CCOC(=O)C1CCCCN1CCCC(=O)N(C)C. The van der Waals surface area contributed by atoms with Gasteiger partial charge in [-0.25, -0.2) is 0 Å². The molecule has 0 N–H and O–H groups in total. The van der Waals surface area contributed by atoms with E-state index in [0.717, 1.165) is 38.8 Å². The van der Waals surface area contributed by atoms with E-state index in [4.69, 9.17) is 4.74 Å². The molecule has 1 aliphatic rings. The molecule has 0 radical (unpaired) electrons. The second-order valence-electron chi connectivity index (χ2n) is 5.19.